The van der Waals surface area contributed by atoms with Crippen LogP contribution in [-0.2, 0) is 11.2 Å². The molecule has 0 bridgehead atoms. The summed E-state index contributed by atoms with van der Waals surface area (Å²) >= 11 is 0. The normalized spacial score (nSPS) is 20.8. The number of aromatic nitrogens is 2. The van der Waals surface area contributed by atoms with E-state index in [4.69, 9.17) is 4.52 Å². The summed E-state index contributed by atoms with van der Waals surface area (Å²) in [7, 11) is 1.81. The molecule has 0 saturated carbocycles. The van der Waals surface area contributed by atoms with Crippen molar-refractivity contribution in [2.75, 3.05) is 20.1 Å². The standard InChI is InChI=1S/C10H16N4O2/c1-7-12-9(13-16-7)4-6-14-5-3-8(11-2)10(14)15/h8,11H,3-6H2,1-2H3. The SMILES string of the molecule is CNC1CCN(CCc2noc(C)n2)C1=O. The first kappa shape index (κ1) is 11.1. The number of carbonyl (C=O) groups is 1. The molecule has 1 saturated heterocycles. The van der Waals surface area contributed by atoms with Crippen LogP contribution in [0.4, 0.5) is 0 Å². The average molecular weight is 224 g/mol. The zero-order chi connectivity index (χ0) is 11.5. The number of hydrogen-bond donors (Lipinski definition) is 1. The lowest BCUT2D eigenvalue weighted by atomic mass is 10.3. The van der Waals surface area contributed by atoms with Crippen molar-refractivity contribution in [2.24, 2.45) is 0 Å². The van der Waals surface area contributed by atoms with Gasteiger partial charge in [-0.05, 0) is 13.5 Å². The summed E-state index contributed by atoms with van der Waals surface area (Å²) in [5.74, 6) is 1.40. The first-order valence-electron chi connectivity index (χ1n) is 5.46. The van der Waals surface area contributed by atoms with Gasteiger partial charge in [0, 0.05) is 26.4 Å². The molecule has 1 aliphatic rings. The minimum absolute atomic E-state index is 0.0213. The first-order valence-corrected chi connectivity index (χ1v) is 5.46. The second-order valence-electron chi connectivity index (χ2n) is 3.93. The van der Waals surface area contributed by atoms with Crippen LogP contribution in [0.3, 0.4) is 0 Å². The van der Waals surface area contributed by atoms with Crippen LogP contribution in [-0.4, -0.2) is 47.1 Å². The van der Waals surface area contributed by atoms with E-state index in [1.807, 2.05) is 11.9 Å². The van der Waals surface area contributed by atoms with E-state index in [-0.39, 0.29) is 11.9 Å². The van der Waals surface area contributed by atoms with Crippen LogP contribution in [0.5, 0.6) is 0 Å². The second kappa shape index (κ2) is 4.61. The molecule has 1 aromatic heterocycles. The molecule has 1 N–H and O–H groups in total. The molecular formula is C10H16N4O2. The van der Waals surface area contributed by atoms with Crippen LogP contribution in [0.1, 0.15) is 18.1 Å². The largest absolute Gasteiger partial charge is 0.341 e. The number of hydrogen-bond acceptors (Lipinski definition) is 5. The van der Waals surface area contributed by atoms with Crippen molar-refractivity contribution in [2.45, 2.75) is 25.8 Å². The highest BCUT2D eigenvalue weighted by Crippen LogP contribution is 2.11. The van der Waals surface area contributed by atoms with Crippen molar-refractivity contribution >= 4 is 5.91 Å². The van der Waals surface area contributed by atoms with Crippen LogP contribution >= 0.6 is 0 Å². The maximum absolute atomic E-state index is 11.8. The Balaban J connectivity index is 1.85. The van der Waals surface area contributed by atoms with Gasteiger partial charge in [0.05, 0.1) is 6.04 Å². The zero-order valence-electron chi connectivity index (χ0n) is 9.56. The third kappa shape index (κ3) is 2.21. The lowest BCUT2D eigenvalue weighted by molar-refractivity contribution is -0.129. The summed E-state index contributed by atoms with van der Waals surface area (Å²) in [6, 6.07) is -0.0213. The third-order valence-electron chi connectivity index (χ3n) is 2.82. The quantitative estimate of drug-likeness (QED) is 0.763. The van der Waals surface area contributed by atoms with Gasteiger partial charge >= 0.3 is 0 Å². The fourth-order valence-electron chi connectivity index (χ4n) is 1.91. The van der Waals surface area contributed by atoms with Gasteiger partial charge in [0.15, 0.2) is 5.82 Å². The lowest BCUT2D eigenvalue weighted by Crippen LogP contribution is -2.37. The van der Waals surface area contributed by atoms with Gasteiger partial charge in [-0.25, -0.2) is 0 Å². The van der Waals surface area contributed by atoms with Gasteiger partial charge in [-0.3, -0.25) is 4.79 Å². The van der Waals surface area contributed by atoms with Crippen molar-refractivity contribution in [1.82, 2.24) is 20.4 Å². The highest BCUT2D eigenvalue weighted by atomic mass is 16.5. The van der Waals surface area contributed by atoms with Crippen molar-refractivity contribution < 1.29 is 9.32 Å². The summed E-state index contributed by atoms with van der Waals surface area (Å²) in [6.07, 6.45) is 1.53. The minimum atomic E-state index is -0.0213. The number of nitrogens with zero attached hydrogens (tertiary/aromatic N) is 3. The summed E-state index contributed by atoms with van der Waals surface area (Å²) in [5.41, 5.74) is 0. The maximum atomic E-state index is 11.8. The van der Waals surface area contributed by atoms with Crippen molar-refractivity contribution in [3.8, 4) is 0 Å². The Morgan fingerprint density at radius 1 is 1.62 bits per heavy atom. The monoisotopic (exact) mass is 224 g/mol. The molecule has 2 rings (SSSR count). The first-order chi connectivity index (χ1) is 7.70. The van der Waals surface area contributed by atoms with Crippen LogP contribution < -0.4 is 5.32 Å². The van der Waals surface area contributed by atoms with E-state index in [0.29, 0.717) is 24.7 Å². The predicted molar refractivity (Wildman–Crippen MR) is 56.8 cm³/mol. The summed E-state index contributed by atoms with van der Waals surface area (Å²) in [6.45, 7) is 3.23. The molecule has 1 atom stereocenters. The molecule has 1 aliphatic heterocycles. The average Bonchev–Trinajstić information content (AvgIpc) is 2.83. The predicted octanol–water partition coefficient (Wildman–Crippen LogP) is -0.259. The summed E-state index contributed by atoms with van der Waals surface area (Å²) in [4.78, 5) is 17.7. The van der Waals surface area contributed by atoms with E-state index < -0.39 is 0 Å². The molecule has 0 aliphatic carbocycles. The Hall–Kier alpha value is -1.43. The fraction of sp³-hybridized carbons (Fsp3) is 0.700. The van der Waals surface area contributed by atoms with E-state index in [1.165, 1.54) is 0 Å². The van der Waals surface area contributed by atoms with Gasteiger partial charge < -0.3 is 14.7 Å². The number of likely N-dealkylation sites (tertiary alicyclic amines) is 1. The van der Waals surface area contributed by atoms with E-state index in [0.717, 1.165) is 13.0 Å². The molecular weight excluding hydrogens is 208 g/mol. The van der Waals surface area contributed by atoms with E-state index in [2.05, 4.69) is 15.5 Å². The highest BCUT2D eigenvalue weighted by Gasteiger charge is 2.29. The third-order valence-corrected chi connectivity index (χ3v) is 2.82. The van der Waals surface area contributed by atoms with Crippen molar-refractivity contribution in [3.63, 3.8) is 0 Å². The van der Waals surface area contributed by atoms with Gasteiger partial charge in [0.1, 0.15) is 0 Å². The van der Waals surface area contributed by atoms with E-state index in [1.54, 1.807) is 6.92 Å². The van der Waals surface area contributed by atoms with Gasteiger partial charge in [0.2, 0.25) is 11.8 Å². The molecule has 1 unspecified atom stereocenters. The maximum Gasteiger partial charge on any atom is 0.239 e. The van der Waals surface area contributed by atoms with Crippen LogP contribution in [0.25, 0.3) is 0 Å². The second-order valence-corrected chi connectivity index (χ2v) is 3.93. The molecule has 88 valence electrons. The molecule has 1 amide bonds. The molecule has 0 spiro atoms. The van der Waals surface area contributed by atoms with Gasteiger partial charge in [0.25, 0.3) is 0 Å². The molecule has 0 radical (unpaired) electrons. The molecule has 2 heterocycles. The highest BCUT2D eigenvalue weighted by molar-refractivity contribution is 5.83. The summed E-state index contributed by atoms with van der Waals surface area (Å²) in [5, 5.41) is 6.81. The Morgan fingerprint density at radius 2 is 2.44 bits per heavy atom. The molecule has 0 aromatic carbocycles. The molecule has 1 fully saturated rings. The Kier molecular flexibility index (Phi) is 3.19. The Bertz CT molecular complexity index is 377. The molecule has 6 nitrogen and oxygen atoms in total. The van der Waals surface area contributed by atoms with Crippen molar-refractivity contribution in [1.29, 1.82) is 0 Å². The Morgan fingerprint density at radius 3 is 3.00 bits per heavy atom. The fourth-order valence-corrected chi connectivity index (χ4v) is 1.91. The van der Waals surface area contributed by atoms with Gasteiger partial charge in [-0.1, -0.05) is 5.16 Å². The number of rotatable bonds is 4. The van der Waals surface area contributed by atoms with E-state index in [9.17, 15) is 4.79 Å². The Labute approximate surface area is 94.0 Å². The van der Waals surface area contributed by atoms with Crippen LogP contribution in [0, 0.1) is 6.92 Å². The number of nitrogens with one attached hydrogen (secondary N) is 1. The van der Waals surface area contributed by atoms with Crippen LogP contribution in [0.15, 0.2) is 4.52 Å². The molecule has 1 aromatic rings. The minimum Gasteiger partial charge on any atom is -0.341 e. The van der Waals surface area contributed by atoms with Gasteiger partial charge in [-0.2, -0.15) is 4.98 Å². The topological polar surface area (TPSA) is 71.3 Å². The van der Waals surface area contributed by atoms with Crippen molar-refractivity contribution in [3.05, 3.63) is 11.7 Å². The zero-order valence-corrected chi connectivity index (χ0v) is 9.56. The number of amides is 1. The smallest absolute Gasteiger partial charge is 0.239 e. The molecule has 16 heavy (non-hydrogen) atoms. The number of aryl methyl sites for hydroxylation is 1. The number of carbonyl (C=O) groups excluding carboxylic acids is 1. The van der Waals surface area contributed by atoms with Crippen LogP contribution in [0.2, 0.25) is 0 Å². The van der Waals surface area contributed by atoms with E-state index >= 15 is 0 Å². The summed E-state index contributed by atoms with van der Waals surface area (Å²) < 4.78 is 4.87. The van der Waals surface area contributed by atoms with Gasteiger partial charge in [-0.15, -0.1) is 0 Å². The molecule has 6 heteroatoms. The lowest BCUT2D eigenvalue weighted by Gasteiger charge is -2.15. The number of likely N-dealkylation sites (N-methyl/N-ethyl adjacent to an activating group) is 1.